The van der Waals surface area contributed by atoms with Crippen LogP contribution < -0.4 is 5.73 Å². The van der Waals surface area contributed by atoms with Crippen LogP contribution in [0.25, 0.3) is 10.2 Å². The Balaban J connectivity index is 1.99. The van der Waals surface area contributed by atoms with Gasteiger partial charge in [0.05, 0.1) is 11.4 Å². The quantitative estimate of drug-likeness (QED) is 0.786. The number of anilines is 1. The molecule has 0 aliphatic carbocycles. The van der Waals surface area contributed by atoms with Crippen LogP contribution in [0, 0.1) is 13.8 Å². The third-order valence-corrected chi connectivity index (χ3v) is 7.01. The van der Waals surface area contributed by atoms with E-state index in [9.17, 15) is 9.00 Å². The van der Waals surface area contributed by atoms with E-state index in [0.717, 1.165) is 16.6 Å². The van der Waals surface area contributed by atoms with E-state index in [2.05, 4.69) is 16.1 Å². The third-order valence-electron chi connectivity index (χ3n) is 4.08. The van der Waals surface area contributed by atoms with Crippen molar-refractivity contribution in [2.45, 2.75) is 13.8 Å². The first-order valence-electron chi connectivity index (χ1n) is 6.94. The molecule has 1 aliphatic heterocycles. The predicted molar refractivity (Wildman–Crippen MR) is 92.2 cm³/mol. The van der Waals surface area contributed by atoms with Crippen molar-refractivity contribution >= 4 is 48.5 Å². The van der Waals surface area contributed by atoms with Crippen LogP contribution in [0.1, 0.15) is 20.9 Å². The summed E-state index contributed by atoms with van der Waals surface area (Å²) in [5, 5.41) is 9.04. The molecule has 8 heteroatoms. The molecule has 2 N–H and O–H groups in total. The second-order valence-electron chi connectivity index (χ2n) is 5.60. The highest BCUT2D eigenvalue weighted by Crippen LogP contribution is 2.35. The zero-order valence-electron chi connectivity index (χ0n) is 12.6. The molecule has 0 unspecified atom stereocenters. The van der Waals surface area contributed by atoms with Crippen LogP contribution in [0.15, 0.2) is 0 Å². The van der Waals surface area contributed by atoms with Gasteiger partial charge in [-0.3, -0.25) is 9.00 Å². The molecule has 3 rings (SSSR count). The molecule has 22 heavy (non-hydrogen) atoms. The highest BCUT2D eigenvalue weighted by atomic mass is 32.2. The number of fused-ring (bicyclic) bond motifs is 1. The number of carbonyl (C=O) groups is 1. The van der Waals surface area contributed by atoms with Gasteiger partial charge in [-0.1, -0.05) is 0 Å². The van der Waals surface area contributed by atoms with Crippen LogP contribution in [0.2, 0.25) is 0 Å². The maximum atomic E-state index is 12.7. The first-order chi connectivity index (χ1) is 10.3. The molecule has 2 aromatic heterocycles. The highest BCUT2D eigenvalue weighted by Gasteiger charge is 2.27. The summed E-state index contributed by atoms with van der Waals surface area (Å²) in [6.45, 7) is 4.72. The minimum Gasteiger partial charge on any atom is -0.397 e. The lowest BCUT2D eigenvalue weighted by Crippen LogP contribution is -2.43. The summed E-state index contributed by atoms with van der Waals surface area (Å²) in [4.78, 5) is 15.6. The number of amides is 1. The van der Waals surface area contributed by atoms with Gasteiger partial charge < -0.3 is 10.6 Å². The van der Waals surface area contributed by atoms with Gasteiger partial charge in [0.1, 0.15) is 9.71 Å². The minimum atomic E-state index is -2.02. The Labute approximate surface area is 133 Å². The number of nitrogens with two attached hydrogens (primary N) is 1. The lowest BCUT2D eigenvalue weighted by molar-refractivity contribution is 0.0777. The van der Waals surface area contributed by atoms with Crippen molar-refractivity contribution < 1.29 is 9.00 Å². The molecule has 1 aliphatic rings. The Bertz CT molecular complexity index is 857. The highest BCUT2D eigenvalue weighted by molar-refractivity contribution is 8.00. The van der Waals surface area contributed by atoms with Crippen LogP contribution >= 0.6 is 11.3 Å². The van der Waals surface area contributed by atoms with Crippen LogP contribution in [-0.4, -0.2) is 55.7 Å². The average Bonchev–Trinajstić information content (AvgIpc) is 2.80. The summed E-state index contributed by atoms with van der Waals surface area (Å²) in [6.07, 6.45) is 0. The van der Waals surface area contributed by atoms with Gasteiger partial charge >= 0.3 is 0 Å². The number of hydrogen-bond donors (Lipinski definition) is 1. The van der Waals surface area contributed by atoms with Gasteiger partial charge in [-0.2, -0.15) is 5.10 Å². The fourth-order valence-corrected chi connectivity index (χ4v) is 4.89. The van der Waals surface area contributed by atoms with Crippen molar-refractivity contribution in [1.82, 2.24) is 15.1 Å². The Morgan fingerprint density at radius 3 is 2.59 bits per heavy atom. The number of aromatic nitrogens is 2. The van der Waals surface area contributed by atoms with Gasteiger partial charge in [-0.15, -0.1) is 16.4 Å². The SMILES string of the molecule is C=S1(=O)CCN(C(=O)c2sc3nnc(C)c(C)c3c2N)CC1. The van der Waals surface area contributed by atoms with E-state index in [4.69, 9.17) is 5.73 Å². The van der Waals surface area contributed by atoms with Gasteiger partial charge in [0.25, 0.3) is 5.91 Å². The molecule has 6 nitrogen and oxygen atoms in total. The molecular weight excluding hydrogens is 320 g/mol. The largest absolute Gasteiger partial charge is 0.397 e. The Kier molecular flexibility index (Phi) is 3.60. The van der Waals surface area contributed by atoms with Gasteiger partial charge in [-0.25, -0.2) is 0 Å². The normalized spacial score (nSPS) is 17.8. The molecule has 0 spiro atoms. The monoisotopic (exact) mass is 338 g/mol. The first-order valence-corrected chi connectivity index (χ1v) is 9.82. The van der Waals surface area contributed by atoms with E-state index in [0.29, 0.717) is 40.0 Å². The molecule has 0 atom stereocenters. The van der Waals surface area contributed by atoms with Crippen LogP contribution in [0.3, 0.4) is 0 Å². The maximum absolute atomic E-state index is 12.7. The topological polar surface area (TPSA) is 89.2 Å². The molecular formula is C14H18N4O2S2. The maximum Gasteiger partial charge on any atom is 0.266 e. The summed E-state index contributed by atoms with van der Waals surface area (Å²) in [6, 6.07) is 0. The summed E-state index contributed by atoms with van der Waals surface area (Å²) < 4.78 is 11.9. The van der Waals surface area contributed by atoms with Gasteiger partial charge in [-0.05, 0) is 34.8 Å². The van der Waals surface area contributed by atoms with Crippen molar-refractivity contribution in [3.8, 4) is 0 Å². The third kappa shape index (κ3) is 2.46. The Morgan fingerprint density at radius 2 is 1.95 bits per heavy atom. The molecule has 1 fully saturated rings. The summed E-state index contributed by atoms with van der Waals surface area (Å²) in [7, 11) is -2.02. The van der Waals surface area contributed by atoms with Gasteiger partial charge in [0.15, 0.2) is 0 Å². The van der Waals surface area contributed by atoms with Crippen LogP contribution in [0.5, 0.6) is 0 Å². The lowest BCUT2D eigenvalue weighted by atomic mass is 10.1. The average molecular weight is 338 g/mol. The van der Waals surface area contributed by atoms with E-state index in [-0.39, 0.29) is 5.91 Å². The molecule has 0 radical (unpaired) electrons. The zero-order valence-corrected chi connectivity index (χ0v) is 14.2. The zero-order chi connectivity index (χ0) is 16.1. The Hall–Kier alpha value is -1.67. The summed E-state index contributed by atoms with van der Waals surface area (Å²) >= 11 is 1.27. The molecule has 1 saturated heterocycles. The fraction of sp³-hybridized carbons (Fsp3) is 0.429. The van der Waals surface area contributed by atoms with E-state index >= 15 is 0 Å². The van der Waals surface area contributed by atoms with Crippen molar-refractivity contribution in [3.63, 3.8) is 0 Å². The number of nitrogens with zero attached hydrogens (tertiary/aromatic N) is 3. The molecule has 0 aromatic carbocycles. The second kappa shape index (κ2) is 5.20. The van der Waals surface area contributed by atoms with Crippen molar-refractivity contribution in [1.29, 1.82) is 0 Å². The molecule has 0 saturated carbocycles. The minimum absolute atomic E-state index is 0.118. The molecule has 1 amide bonds. The number of rotatable bonds is 1. The van der Waals surface area contributed by atoms with E-state index in [1.54, 1.807) is 4.90 Å². The van der Waals surface area contributed by atoms with Gasteiger partial charge in [0.2, 0.25) is 0 Å². The van der Waals surface area contributed by atoms with Crippen LogP contribution in [-0.2, 0) is 9.52 Å². The second-order valence-corrected chi connectivity index (χ2v) is 9.35. The molecule has 2 aromatic rings. The van der Waals surface area contributed by atoms with Gasteiger partial charge in [0, 0.05) is 30.0 Å². The summed E-state index contributed by atoms with van der Waals surface area (Å²) in [5.41, 5.74) is 8.44. The smallest absolute Gasteiger partial charge is 0.266 e. The molecule has 118 valence electrons. The number of nitrogen functional groups attached to an aromatic ring is 1. The van der Waals surface area contributed by atoms with Crippen molar-refractivity contribution in [2.24, 2.45) is 0 Å². The van der Waals surface area contributed by atoms with Crippen molar-refractivity contribution in [3.05, 3.63) is 16.1 Å². The molecule has 0 bridgehead atoms. The van der Waals surface area contributed by atoms with Crippen molar-refractivity contribution in [2.75, 3.05) is 30.3 Å². The predicted octanol–water partition coefficient (Wildman–Crippen LogP) is 1.06. The summed E-state index contributed by atoms with van der Waals surface area (Å²) in [5.74, 6) is 4.49. The van der Waals surface area contributed by atoms with E-state index < -0.39 is 9.52 Å². The van der Waals surface area contributed by atoms with E-state index in [1.807, 2.05) is 13.8 Å². The standard InChI is InChI=1S/C14H18N4O2S2/c1-8-9(2)16-17-13-10(8)11(15)12(21-13)14(19)18-4-6-22(3,20)7-5-18/h3-7,15H2,1-2H3. The number of thiophene rings is 1. The number of carbonyl (C=O) groups excluding carboxylic acids is 1. The molecule has 3 heterocycles. The number of aryl methyl sites for hydroxylation is 2. The Morgan fingerprint density at radius 1 is 1.32 bits per heavy atom. The fourth-order valence-electron chi connectivity index (χ4n) is 2.51. The lowest BCUT2D eigenvalue weighted by Gasteiger charge is -2.28. The number of hydrogen-bond acceptors (Lipinski definition) is 6. The van der Waals surface area contributed by atoms with E-state index in [1.165, 1.54) is 11.3 Å². The first kappa shape index (κ1) is 15.2. The van der Waals surface area contributed by atoms with Crippen LogP contribution in [0.4, 0.5) is 5.69 Å².